The molecule has 3 aromatic rings. The Kier molecular flexibility index (Phi) is 7.24. The van der Waals surface area contributed by atoms with E-state index in [1.54, 1.807) is 28.7 Å². The van der Waals surface area contributed by atoms with Crippen LogP contribution in [-0.2, 0) is 10.1 Å². The van der Waals surface area contributed by atoms with Crippen LogP contribution >= 0.6 is 67.8 Å². The molecule has 0 amide bonds. The second-order valence-electron chi connectivity index (χ2n) is 5.88. The summed E-state index contributed by atoms with van der Waals surface area (Å²) in [6, 6.07) is 2.88. The lowest BCUT2D eigenvalue weighted by molar-refractivity contribution is 0.0727. The van der Waals surface area contributed by atoms with Crippen molar-refractivity contribution in [3.63, 3.8) is 0 Å². The van der Waals surface area contributed by atoms with Gasteiger partial charge in [-0.1, -0.05) is 0 Å². The van der Waals surface area contributed by atoms with Crippen molar-refractivity contribution >= 4 is 94.6 Å². The van der Waals surface area contributed by atoms with Crippen molar-refractivity contribution < 1.29 is 48.8 Å². The molecule has 0 aliphatic carbocycles. The van der Waals surface area contributed by atoms with Crippen LogP contribution in [0, 0.1) is 45.6 Å². The zero-order chi connectivity index (χ0) is 24.3. The first-order valence-electron chi connectivity index (χ1n) is 7.67. The van der Waals surface area contributed by atoms with Gasteiger partial charge in [0.05, 0.1) is 10.9 Å². The first kappa shape index (κ1) is 25.7. The maximum Gasteiger partial charge on any atom is 0.344 e. The minimum absolute atomic E-state index is 0.237. The summed E-state index contributed by atoms with van der Waals surface area (Å²) in [5.41, 5.74) is -0.237. The van der Waals surface area contributed by atoms with Crippen LogP contribution in [0.3, 0.4) is 0 Å². The Balaban J connectivity index is 2.44. The highest BCUT2D eigenvalue weighted by molar-refractivity contribution is 14.1. The molecule has 15 heteroatoms. The van der Waals surface area contributed by atoms with E-state index >= 15 is 0 Å². The van der Waals surface area contributed by atoms with Crippen LogP contribution in [0.5, 0.6) is 5.75 Å². The number of halogens is 9. The van der Waals surface area contributed by atoms with E-state index in [1.807, 2.05) is 45.2 Å². The molecular weight excluding hydrogens is 811 g/mol. The third-order valence-corrected chi connectivity index (χ3v) is 8.52. The van der Waals surface area contributed by atoms with Gasteiger partial charge in [0.15, 0.2) is 34.8 Å². The normalized spacial score (nSPS) is 11.8. The zero-order valence-electron chi connectivity index (χ0n) is 14.5. The van der Waals surface area contributed by atoms with Crippen LogP contribution in [0.25, 0.3) is 10.8 Å². The van der Waals surface area contributed by atoms with Crippen molar-refractivity contribution in [2.24, 2.45) is 0 Å². The number of fused-ring (bicyclic) bond motifs is 1. The highest BCUT2D eigenvalue weighted by Gasteiger charge is 2.34. The fraction of sp³-hybridized carbons (Fsp3) is 0. The second-order valence-corrected chi connectivity index (χ2v) is 10.7. The van der Waals surface area contributed by atoms with Crippen LogP contribution < -0.4 is 4.74 Å². The molecule has 0 radical (unpaired) electrons. The largest absolute Gasteiger partial charge is 0.744 e. The molecule has 0 fully saturated rings. The lowest BCUT2D eigenvalue weighted by Crippen LogP contribution is -2.16. The molecule has 3 aromatic carbocycles. The fourth-order valence-corrected chi connectivity index (χ4v) is 5.79. The Hall–Kier alpha value is -0.930. The van der Waals surface area contributed by atoms with E-state index in [0.717, 1.165) is 0 Å². The third kappa shape index (κ3) is 4.29. The number of carbonyl (C=O) groups excluding carboxylic acids is 1. The maximum atomic E-state index is 14.6. The van der Waals surface area contributed by atoms with Crippen molar-refractivity contribution in [2.75, 3.05) is 0 Å². The van der Waals surface area contributed by atoms with Gasteiger partial charge in [-0.15, -0.1) is 0 Å². The third-order valence-electron chi connectivity index (χ3n) is 3.97. The summed E-state index contributed by atoms with van der Waals surface area (Å²) >= 11 is 5.36. The first-order valence-corrected chi connectivity index (χ1v) is 12.3. The standard InChI is InChI=1S/C17H3F6I3O5S/c18-8-6-7(9(19)11(21)10(8)20)16(32(28,29)30)13(23)12(22)15(6)31-17(27)4-1-3(24)2-5(25)14(4)26/h1-2H,(H,28,29,30)/p-1. The molecule has 0 N–H and O–H groups in total. The molecular formula is C17H2F6I3O5S-. The van der Waals surface area contributed by atoms with Crippen LogP contribution in [0.15, 0.2) is 17.0 Å². The van der Waals surface area contributed by atoms with Crippen molar-refractivity contribution in [1.29, 1.82) is 0 Å². The Morgan fingerprint density at radius 3 is 1.88 bits per heavy atom. The van der Waals surface area contributed by atoms with Crippen molar-refractivity contribution in [2.45, 2.75) is 4.90 Å². The average molecular weight is 813 g/mol. The molecule has 0 bridgehead atoms. The van der Waals surface area contributed by atoms with Crippen LogP contribution in [-0.4, -0.2) is 18.9 Å². The highest BCUT2D eigenvalue weighted by atomic mass is 127. The molecule has 0 atom stereocenters. The van der Waals surface area contributed by atoms with Gasteiger partial charge >= 0.3 is 5.97 Å². The van der Waals surface area contributed by atoms with E-state index in [4.69, 9.17) is 0 Å². The van der Waals surface area contributed by atoms with Gasteiger partial charge in [-0.3, -0.25) is 0 Å². The van der Waals surface area contributed by atoms with Gasteiger partial charge in [0.25, 0.3) is 0 Å². The van der Waals surface area contributed by atoms with Gasteiger partial charge in [-0.25, -0.2) is 35.2 Å². The Morgan fingerprint density at radius 2 is 1.34 bits per heavy atom. The molecule has 0 aliphatic heterocycles. The van der Waals surface area contributed by atoms with Gasteiger partial charge < -0.3 is 9.29 Å². The monoisotopic (exact) mass is 813 g/mol. The van der Waals surface area contributed by atoms with Crippen LogP contribution in [0.2, 0.25) is 0 Å². The molecule has 0 saturated heterocycles. The van der Waals surface area contributed by atoms with E-state index in [9.17, 15) is 44.1 Å². The summed E-state index contributed by atoms with van der Waals surface area (Å²) in [6.45, 7) is 0. The predicted octanol–water partition coefficient (Wildman–Crippen LogP) is 5.61. The summed E-state index contributed by atoms with van der Waals surface area (Å²) in [6.07, 6.45) is 0. The van der Waals surface area contributed by atoms with E-state index in [0.29, 0.717) is 7.14 Å². The summed E-state index contributed by atoms with van der Waals surface area (Å²) in [7, 11) is -6.07. The molecule has 0 unspecified atom stereocenters. The number of ether oxygens (including phenoxy) is 1. The van der Waals surface area contributed by atoms with E-state index in [1.165, 1.54) is 6.07 Å². The van der Waals surface area contributed by atoms with Gasteiger partial charge in [-0.2, -0.15) is 4.39 Å². The molecule has 170 valence electrons. The molecule has 0 aromatic heterocycles. The number of rotatable bonds is 3. The minimum Gasteiger partial charge on any atom is -0.744 e. The molecule has 0 heterocycles. The Morgan fingerprint density at radius 1 is 0.812 bits per heavy atom. The van der Waals surface area contributed by atoms with E-state index < -0.39 is 72.4 Å². The summed E-state index contributed by atoms with van der Waals surface area (Å²) in [4.78, 5) is 10.3. The highest BCUT2D eigenvalue weighted by Crippen LogP contribution is 2.41. The quantitative estimate of drug-likeness (QED) is 0.0654. The topological polar surface area (TPSA) is 83.5 Å². The summed E-state index contributed by atoms with van der Waals surface area (Å²) < 4.78 is 125. The molecule has 3 rings (SSSR count). The molecule has 32 heavy (non-hydrogen) atoms. The Bertz CT molecular complexity index is 1450. The Labute approximate surface area is 215 Å². The van der Waals surface area contributed by atoms with E-state index in [2.05, 4.69) is 4.74 Å². The zero-order valence-corrected chi connectivity index (χ0v) is 21.8. The molecule has 0 saturated carbocycles. The number of benzene rings is 3. The fourth-order valence-electron chi connectivity index (χ4n) is 2.66. The molecule has 0 aliphatic rings. The van der Waals surface area contributed by atoms with Crippen molar-refractivity contribution in [1.82, 2.24) is 0 Å². The SMILES string of the molecule is O=C(Oc1c(F)c(F)c(S(=O)(=O)[O-])c2c(F)c(F)c(F)c(F)c12)c1cc(I)cc(I)c1I. The lowest BCUT2D eigenvalue weighted by Gasteiger charge is -2.18. The van der Waals surface area contributed by atoms with Gasteiger partial charge in [0.1, 0.15) is 15.0 Å². The molecule has 5 nitrogen and oxygen atoms in total. The predicted molar refractivity (Wildman–Crippen MR) is 121 cm³/mol. The maximum absolute atomic E-state index is 14.6. The van der Waals surface area contributed by atoms with Crippen molar-refractivity contribution in [3.05, 3.63) is 63.3 Å². The number of carbonyl (C=O) groups is 1. The lowest BCUT2D eigenvalue weighted by atomic mass is 10.1. The van der Waals surface area contributed by atoms with Gasteiger partial charge in [-0.05, 0) is 79.9 Å². The number of esters is 1. The van der Waals surface area contributed by atoms with Crippen molar-refractivity contribution in [3.8, 4) is 5.75 Å². The van der Waals surface area contributed by atoms with Gasteiger partial charge in [0, 0.05) is 16.1 Å². The van der Waals surface area contributed by atoms with Crippen LogP contribution in [0.1, 0.15) is 10.4 Å². The minimum atomic E-state index is -6.07. The van der Waals surface area contributed by atoms with E-state index in [-0.39, 0.29) is 9.13 Å². The number of hydrogen-bond donors (Lipinski definition) is 0. The second kappa shape index (κ2) is 9.02. The summed E-state index contributed by atoms with van der Waals surface area (Å²) in [5.74, 6) is -18.2. The van der Waals surface area contributed by atoms with Crippen LogP contribution in [0.4, 0.5) is 26.3 Å². The smallest absolute Gasteiger partial charge is 0.344 e. The first-order chi connectivity index (χ1) is 14.7. The molecule has 0 spiro atoms. The average Bonchev–Trinajstić information content (AvgIpc) is 2.69. The van der Waals surface area contributed by atoms with Gasteiger partial charge in [0.2, 0.25) is 5.82 Å². The number of hydrogen-bond acceptors (Lipinski definition) is 5. The summed E-state index contributed by atoms with van der Waals surface area (Å²) in [5, 5.41) is -3.72.